The van der Waals surface area contributed by atoms with Crippen LogP contribution in [-0.2, 0) is 0 Å². The highest BCUT2D eigenvalue weighted by molar-refractivity contribution is 8.49. The Bertz CT molecular complexity index is 915. The second kappa shape index (κ2) is 7.69. The van der Waals surface area contributed by atoms with Crippen LogP contribution in [0.25, 0.3) is 0 Å². The van der Waals surface area contributed by atoms with Gasteiger partial charge in [0.1, 0.15) is 20.1 Å². The smallest absolute Gasteiger partial charge is 0.182 e. The van der Waals surface area contributed by atoms with Gasteiger partial charge in [-0.25, -0.2) is 0 Å². The summed E-state index contributed by atoms with van der Waals surface area (Å²) in [5.41, 5.74) is 0. The highest BCUT2D eigenvalue weighted by atomic mass is 32.3. The van der Waals surface area contributed by atoms with E-state index in [1.807, 2.05) is 47.0 Å². The van der Waals surface area contributed by atoms with Crippen LogP contribution in [0.5, 0.6) is 0 Å². The highest BCUT2D eigenvalue weighted by Crippen LogP contribution is 2.74. The lowest BCUT2D eigenvalue weighted by Crippen LogP contribution is -2.12. The van der Waals surface area contributed by atoms with Gasteiger partial charge in [0.25, 0.3) is 0 Å². The summed E-state index contributed by atoms with van der Waals surface area (Å²) < 4.78 is 11.2. The van der Waals surface area contributed by atoms with E-state index in [0.29, 0.717) is 24.2 Å². The fourth-order valence-electron chi connectivity index (χ4n) is 3.78. The van der Waals surface area contributed by atoms with Crippen LogP contribution >= 0.6 is 71.5 Å². The Morgan fingerprint density at radius 1 is 0.517 bits per heavy atom. The van der Waals surface area contributed by atoms with E-state index in [0.717, 1.165) is 9.54 Å². The van der Waals surface area contributed by atoms with Gasteiger partial charge < -0.3 is 18.3 Å². The predicted molar refractivity (Wildman–Crippen MR) is 134 cm³/mol. The zero-order valence-corrected chi connectivity index (χ0v) is 22.9. The number of aromatic nitrogens is 4. The molecule has 0 bridgehead atoms. The molecule has 0 unspecified atom stereocenters. The number of rotatable bonds is 4. The zero-order chi connectivity index (χ0) is 21.4. The van der Waals surface area contributed by atoms with Gasteiger partial charge in [0.2, 0.25) is 0 Å². The van der Waals surface area contributed by atoms with Crippen molar-refractivity contribution in [3.8, 4) is 0 Å². The fraction of sp³-hybridized carbons (Fsp3) is 0.684. The lowest BCUT2D eigenvalue weighted by atomic mass is 10.4. The molecule has 0 aromatic carbocycles. The lowest BCUT2D eigenvalue weighted by molar-refractivity contribution is 0.518. The zero-order valence-electron chi connectivity index (χ0n) is 18.0. The fourth-order valence-corrected chi connectivity index (χ4v) is 12.8. The van der Waals surface area contributed by atoms with E-state index in [1.165, 1.54) is 20.1 Å². The first-order valence-electron chi connectivity index (χ1n) is 9.98. The van der Waals surface area contributed by atoms with Crippen LogP contribution in [0.3, 0.4) is 0 Å². The number of hydrogen-bond donors (Lipinski definition) is 0. The quantitative estimate of drug-likeness (QED) is 0.387. The van der Waals surface area contributed by atoms with Gasteiger partial charge in [-0.1, -0.05) is 47.0 Å². The minimum atomic E-state index is -0.0536. The maximum absolute atomic E-state index is 5.86. The normalized spacial score (nSPS) is 17.5. The molecule has 4 rings (SSSR count). The maximum Gasteiger partial charge on any atom is 0.182 e. The SMILES string of the molecule is CC(C)n1c2c(n(C(C)C)c1=S)SC1(S2)Sc2c(n(C(C)C)c(=S)n2C(C)C)S1. The highest BCUT2D eigenvalue weighted by Gasteiger charge is 2.52. The molecular weight excluding hydrogens is 477 g/mol. The second-order valence-corrected chi connectivity index (χ2v) is 15.6. The van der Waals surface area contributed by atoms with Gasteiger partial charge in [-0.2, -0.15) is 0 Å². The average molecular weight is 505 g/mol. The third-order valence-corrected chi connectivity index (χ3v) is 12.4. The van der Waals surface area contributed by atoms with Gasteiger partial charge in [-0.15, -0.1) is 0 Å². The van der Waals surface area contributed by atoms with E-state index in [4.69, 9.17) is 24.4 Å². The molecule has 0 saturated heterocycles. The molecule has 160 valence electrons. The van der Waals surface area contributed by atoms with Crippen LogP contribution in [0.2, 0.25) is 0 Å². The van der Waals surface area contributed by atoms with Crippen molar-refractivity contribution in [2.45, 2.75) is 102 Å². The van der Waals surface area contributed by atoms with Gasteiger partial charge in [0.15, 0.2) is 12.3 Å². The molecule has 0 aliphatic carbocycles. The summed E-state index contributed by atoms with van der Waals surface area (Å²) in [6, 6.07) is 1.40. The molecule has 0 saturated carbocycles. The summed E-state index contributed by atoms with van der Waals surface area (Å²) in [4.78, 5) is 0. The number of imidazole rings is 2. The maximum atomic E-state index is 5.86. The van der Waals surface area contributed by atoms with Crippen LogP contribution in [-0.4, -0.2) is 21.0 Å². The van der Waals surface area contributed by atoms with E-state index in [1.54, 1.807) is 0 Å². The van der Waals surface area contributed by atoms with Crippen LogP contribution in [0.4, 0.5) is 0 Å². The molecule has 29 heavy (non-hydrogen) atoms. The van der Waals surface area contributed by atoms with Crippen LogP contribution in [0, 0.1) is 9.54 Å². The minimum Gasteiger partial charge on any atom is -0.308 e. The summed E-state index contributed by atoms with van der Waals surface area (Å²) >= 11 is 19.6. The van der Waals surface area contributed by atoms with Gasteiger partial charge in [0, 0.05) is 24.2 Å². The number of hydrogen-bond acceptors (Lipinski definition) is 6. The minimum absolute atomic E-state index is 0.0536. The summed E-state index contributed by atoms with van der Waals surface area (Å²) in [6.45, 7) is 17.8. The molecule has 4 nitrogen and oxygen atoms in total. The van der Waals surface area contributed by atoms with Gasteiger partial charge >= 0.3 is 0 Å². The Morgan fingerprint density at radius 2 is 0.724 bits per heavy atom. The summed E-state index contributed by atoms with van der Waals surface area (Å²) in [5, 5.41) is 5.28. The summed E-state index contributed by atoms with van der Waals surface area (Å²) in [5.74, 6) is 0. The molecule has 2 aliphatic rings. The molecular formula is C19H28N4S6. The van der Waals surface area contributed by atoms with Crippen molar-refractivity contribution in [3.63, 3.8) is 0 Å². The van der Waals surface area contributed by atoms with Gasteiger partial charge in [-0.3, -0.25) is 0 Å². The Labute approximate surface area is 200 Å². The predicted octanol–water partition coefficient (Wildman–Crippen LogP) is 8.38. The largest absolute Gasteiger partial charge is 0.308 e. The molecule has 0 fully saturated rings. The molecule has 0 atom stereocenters. The van der Waals surface area contributed by atoms with Gasteiger partial charge in [-0.05, 0) is 79.8 Å². The van der Waals surface area contributed by atoms with Crippen molar-refractivity contribution in [1.29, 1.82) is 0 Å². The molecule has 4 heterocycles. The third-order valence-electron chi connectivity index (χ3n) is 5.02. The van der Waals surface area contributed by atoms with Crippen molar-refractivity contribution in [2.75, 3.05) is 0 Å². The molecule has 2 aliphatic heterocycles. The first-order chi connectivity index (χ1) is 13.5. The number of nitrogens with zero attached hydrogens (tertiary/aromatic N) is 4. The first-order valence-corrected chi connectivity index (χ1v) is 14.1. The first kappa shape index (κ1) is 22.5. The van der Waals surface area contributed by atoms with Crippen molar-refractivity contribution < 1.29 is 0 Å². The second-order valence-electron chi connectivity index (χ2n) is 8.55. The van der Waals surface area contributed by atoms with Crippen LogP contribution in [0.1, 0.15) is 79.6 Å². The topological polar surface area (TPSA) is 19.7 Å². The lowest BCUT2D eigenvalue weighted by Gasteiger charge is -2.23. The number of fused-ring (bicyclic) bond motifs is 2. The Balaban J connectivity index is 1.82. The molecule has 2 aromatic rings. The third kappa shape index (κ3) is 3.35. The monoisotopic (exact) mass is 504 g/mol. The molecule has 0 amide bonds. The van der Waals surface area contributed by atoms with Crippen molar-refractivity contribution in [3.05, 3.63) is 9.54 Å². The van der Waals surface area contributed by atoms with Crippen molar-refractivity contribution in [1.82, 2.24) is 18.3 Å². The summed E-state index contributed by atoms with van der Waals surface area (Å²) in [7, 11) is 0. The van der Waals surface area contributed by atoms with Crippen molar-refractivity contribution in [2.24, 2.45) is 0 Å². The molecule has 0 N–H and O–H groups in total. The standard InChI is InChI=1S/C19H28N4S6/c1-9(2)20-13-14(21(10(3)4)17(20)24)27-19(26-13)28-15-16(29-19)23(12(7)8)18(25)22(15)11(5)6/h9-12H,1-8H3. The van der Waals surface area contributed by atoms with E-state index in [2.05, 4.69) is 73.7 Å². The Morgan fingerprint density at radius 3 is 0.897 bits per heavy atom. The van der Waals surface area contributed by atoms with Crippen LogP contribution < -0.4 is 0 Å². The van der Waals surface area contributed by atoms with Crippen molar-refractivity contribution >= 4 is 71.5 Å². The van der Waals surface area contributed by atoms with E-state index < -0.39 is 0 Å². The number of thioether (sulfide) groups is 4. The molecule has 2 aromatic heterocycles. The molecule has 1 spiro atoms. The summed E-state index contributed by atoms with van der Waals surface area (Å²) in [6.07, 6.45) is 0. The Kier molecular flexibility index (Phi) is 5.95. The Hall–Kier alpha value is 0.260. The van der Waals surface area contributed by atoms with Gasteiger partial charge in [0.05, 0.1) is 0 Å². The molecule has 0 radical (unpaired) electrons. The van der Waals surface area contributed by atoms with Crippen LogP contribution in [0.15, 0.2) is 20.1 Å². The van der Waals surface area contributed by atoms with E-state index >= 15 is 0 Å². The average Bonchev–Trinajstić information content (AvgIpc) is 3.22. The molecule has 10 heteroatoms. The van der Waals surface area contributed by atoms with E-state index in [-0.39, 0.29) is 2.74 Å². The van der Waals surface area contributed by atoms with E-state index in [9.17, 15) is 0 Å².